The monoisotopic (exact) mass is 256 g/mol. The molecule has 0 saturated carbocycles. The van der Waals surface area contributed by atoms with Crippen molar-refractivity contribution >= 4 is 11.9 Å². The van der Waals surface area contributed by atoms with Crippen LogP contribution < -0.4 is 5.73 Å². The molecule has 1 rings (SSSR count). The lowest BCUT2D eigenvalue weighted by molar-refractivity contribution is -0.149. The van der Waals surface area contributed by atoms with Gasteiger partial charge in [0.15, 0.2) is 0 Å². The van der Waals surface area contributed by atoms with E-state index in [2.05, 4.69) is 0 Å². The highest BCUT2D eigenvalue weighted by atomic mass is 16.5. The molecule has 2 N–H and O–H groups in total. The zero-order valence-electron chi connectivity index (χ0n) is 11.5. The Bertz CT molecular complexity index is 299. The molecule has 0 aromatic heterocycles. The standard InChI is InChI=1S/C13H24N2O3/c1-4-9(2)11(14)12(16)15-7-5-10(6-8-15)13(17)18-3/h9-11H,4-8,14H2,1-3H3/t9?,11-/m0/s1. The highest BCUT2D eigenvalue weighted by Crippen LogP contribution is 2.20. The number of hydrogen-bond acceptors (Lipinski definition) is 4. The molecule has 1 saturated heterocycles. The van der Waals surface area contributed by atoms with Crippen LogP contribution in [0, 0.1) is 11.8 Å². The summed E-state index contributed by atoms with van der Waals surface area (Å²) >= 11 is 0. The van der Waals surface area contributed by atoms with Crippen molar-refractivity contribution < 1.29 is 14.3 Å². The van der Waals surface area contributed by atoms with Crippen molar-refractivity contribution in [2.45, 2.75) is 39.2 Å². The Labute approximate surface area is 109 Å². The maximum absolute atomic E-state index is 12.1. The fourth-order valence-electron chi connectivity index (χ4n) is 2.21. The molecule has 1 fully saturated rings. The minimum absolute atomic E-state index is 0.00710. The van der Waals surface area contributed by atoms with Crippen LogP contribution in [0.25, 0.3) is 0 Å². The second-order valence-electron chi connectivity index (χ2n) is 5.03. The average Bonchev–Trinajstić information content (AvgIpc) is 2.44. The first-order valence-corrected chi connectivity index (χ1v) is 6.63. The number of piperidine rings is 1. The van der Waals surface area contributed by atoms with Gasteiger partial charge in [-0.2, -0.15) is 0 Å². The number of ether oxygens (including phenoxy) is 1. The van der Waals surface area contributed by atoms with E-state index in [1.807, 2.05) is 13.8 Å². The summed E-state index contributed by atoms with van der Waals surface area (Å²) < 4.78 is 4.72. The summed E-state index contributed by atoms with van der Waals surface area (Å²) in [6, 6.07) is -0.426. The molecule has 104 valence electrons. The van der Waals surface area contributed by atoms with Crippen molar-refractivity contribution in [3.8, 4) is 0 Å². The third-order valence-electron chi connectivity index (χ3n) is 3.88. The molecule has 18 heavy (non-hydrogen) atoms. The molecule has 1 amide bonds. The van der Waals surface area contributed by atoms with E-state index in [1.54, 1.807) is 4.90 Å². The zero-order valence-corrected chi connectivity index (χ0v) is 11.5. The number of nitrogens with zero attached hydrogens (tertiary/aromatic N) is 1. The van der Waals surface area contributed by atoms with Crippen molar-refractivity contribution in [2.24, 2.45) is 17.6 Å². The van der Waals surface area contributed by atoms with Crippen LogP contribution in [0.4, 0.5) is 0 Å². The van der Waals surface area contributed by atoms with Crippen molar-refractivity contribution in [1.82, 2.24) is 4.90 Å². The van der Waals surface area contributed by atoms with E-state index in [4.69, 9.17) is 10.5 Å². The van der Waals surface area contributed by atoms with Gasteiger partial charge < -0.3 is 15.4 Å². The van der Waals surface area contributed by atoms with Gasteiger partial charge in [0.05, 0.1) is 19.1 Å². The smallest absolute Gasteiger partial charge is 0.308 e. The fraction of sp³-hybridized carbons (Fsp3) is 0.846. The van der Waals surface area contributed by atoms with Gasteiger partial charge in [-0.05, 0) is 18.8 Å². The predicted molar refractivity (Wildman–Crippen MR) is 68.8 cm³/mol. The van der Waals surface area contributed by atoms with Gasteiger partial charge in [0, 0.05) is 13.1 Å². The van der Waals surface area contributed by atoms with Gasteiger partial charge in [-0.1, -0.05) is 20.3 Å². The first-order chi connectivity index (χ1) is 8.51. The molecular formula is C13H24N2O3. The second kappa shape index (κ2) is 6.73. The number of esters is 1. The topological polar surface area (TPSA) is 72.6 Å². The van der Waals surface area contributed by atoms with E-state index in [9.17, 15) is 9.59 Å². The molecule has 1 aliphatic rings. The van der Waals surface area contributed by atoms with E-state index in [-0.39, 0.29) is 23.7 Å². The molecular weight excluding hydrogens is 232 g/mol. The molecule has 1 unspecified atom stereocenters. The summed E-state index contributed by atoms with van der Waals surface area (Å²) in [5, 5.41) is 0. The number of carbonyl (C=O) groups is 2. The maximum Gasteiger partial charge on any atom is 0.308 e. The van der Waals surface area contributed by atoms with Crippen LogP contribution in [0.15, 0.2) is 0 Å². The number of hydrogen-bond donors (Lipinski definition) is 1. The molecule has 0 spiro atoms. The maximum atomic E-state index is 12.1. The van der Waals surface area contributed by atoms with E-state index in [0.717, 1.165) is 6.42 Å². The fourth-order valence-corrected chi connectivity index (χ4v) is 2.21. The number of likely N-dealkylation sites (tertiary alicyclic amines) is 1. The number of nitrogens with two attached hydrogens (primary N) is 1. The van der Waals surface area contributed by atoms with Crippen molar-refractivity contribution in [3.63, 3.8) is 0 Å². The second-order valence-corrected chi connectivity index (χ2v) is 5.03. The van der Waals surface area contributed by atoms with Crippen LogP contribution in [-0.2, 0) is 14.3 Å². The summed E-state index contributed by atoms with van der Waals surface area (Å²) in [5.74, 6) is -0.0457. The molecule has 0 aromatic rings. The minimum Gasteiger partial charge on any atom is -0.469 e. The van der Waals surface area contributed by atoms with Crippen molar-refractivity contribution in [3.05, 3.63) is 0 Å². The molecule has 5 nitrogen and oxygen atoms in total. The summed E-state index contributed by atoms with van der Waals surface area (Å²) in [6.07, 6.45) is 2.24. The van der Waals surface area contributed by atoms with E-state index in [0.29, 0.717) is 25.9 Å². The molecule has 0 radical (unpaired) electrons. The predicted octanol–water partition coefficient (Wildman–Crippen LogP) is 0.771. The average molecular weight is 256 g/mol. The first kappa shape index (κ1) is 15.0. The number of rotatable bonds is 4. The Hall–Kier alpha value is -1.10. The lowest BCUT2D eigenvalue weighted by Gasteiger charge is -2.33. The number of amides is 1. The third kappa shape index (κ3) is 3.45. The molecule has 2 atom stereocenters. The van der Waals surface area contributed by atoms with Crippen LogP contribution >= 0.6 is 0 Å². The van der Waals surface area contributed by atoms with Gasteiger partial charge >= 0.3 is 5.97 Å². The van der Waals surface area contributed by atoms with Gasteiger partial charge in [-0.3, -0.25) is 9.59 Å². The Kier molecular flexibility index (Phi) is 5.59. The van der Waals surface area contributed by atoms with Crippen molar-refractivity contribution in [2.75, 3.05) is 20.2 Å². The third-order valence-corrected chi connectivity index (χ3v) is 3.88. The van der Waals surface area contributed by atoms with Gasteiger partial charge in [-0.25, -0.2) is 0 Å². The van der Waals surface area contributed by atoms with Crippen LogP contribution in [0.3, 0.4) is 0 Å². The molecule has 1 aliphatic heterocycles. The Balaban J connectivity index is 2.47. The van der Waals surface area contributed by atoms with Crippen LogP contribution in [0.2, 0.25) is 0 Å². The molecule has 0 bridgehead atoms. The summed E-state index contributed by atoms with van der Waals surface area (Å²) in [6.45, 7) is 5.22. The van der Waals surface area contributed by atoms with Gasteiger partial charge in [0.2, 0.25) is 5.91 Å². The summed E-state index contributed by atoms with van der Waals surface area (Å²) in [7, 11) is 1.40. The van der Waals surface area contributed by atoms with E-state index >= 15 is 0 Å². The van der Waals surface area contributed by atoms with E-state index < -0.39 is 6.04 Å². The normalized spacial score (nSPS) is 20.3. The largest absolute Gasteiger partial charge is 0.469 e. The minimum atomic E-state index is -0.426. The van der Waals surface area contributed by atoms with Crippen LogP contribution in [0.1, 0.15) is 33.1 Å². The first-order valence-electron chi connectivity index (χ1n) is 6.63. The Morgan fingerprint density at radius 1 is 1.39 bits per heavy atom. The number of carbonyl (C=O) groups excluding carboxylic acids is 2. The molecule has 0 aromatic carbocycles. The van der Waals surface area contributed by atoms with Crippen LogP contribution in [-0.4, -0.2) is 43.0 Å². The molecule has 0 aliphatic carbocycles. The lowest BCUT2D eigenvalue weighted by atomic mass is 9.94. The Morgan fingerprint density at radius 3 is 2.39 bits per heavy atom. The van der Waals surface area contributed by atoms with Crippen molar-refractivity contribution in [1.29, 1.82) is 0 Å². The highest BCUT2D eigenvalue weighted by molar-refractivity contribution is 5.82. The van der Waals surface area contributed by atoms with Gasteiger partial charge in [0.1, 0.15) is 0 Å². The Morgan fingerprint density at radius 2 is 1.94 bits per heavy atom. The summed E-state index contributed by atoms with van der Waals surface area (Å²) in [4.78, 5) is 25.3. The summed E-state index contributed by atoms with van der Waals surface area (Å²) in [5.41, 5.74) is 5.94. The highest BCUT2D eigenvalue weighted by Gasteiger charge is 2.31. The van der Waals surface area contributed by atoms with Gasteiger partial charge in [-0.15, -0.1) is 0 Å². The SMILES string of the molecule is CCC(C)[C@H](N)C(=O)N1CCC(C(=O)OC)CC1. The van der Waals surface area contributed by atoms with E-state index in [1.165, 1.54) is 7.11 Å². The molecule has 5 heteroatoms. The van der Waals surface area contributed by atoms with Crippen LogP contribution in [0.5, 0.6) is 0 Å². The van der Waals surface area contributed by atoms with Gasteiger partial charge in [0.25, 0.3) is 0 Å². The lowest BCUT2D eigenvalue weighted by Crippen LogP contribution is -2.50. The number of methoxy groups -OCH3 is 1. The quantitative estimate of drug-likeness (QED) is 0.754. The zero-order chi connectivity index (χ0) is 13.7. The molecule has 1 heterocycles.